The van der Waals surface area contributed by atoms with Crippen molar-refractivity contribution in [2.24, 2.45) is 0 Å². The maximum absolute atomic E-state index is 11.8. The second kappa shape index (κ2) is 9.01. The van der Waals surface area contributed by atoms with Crippen molar-refractivity contribution < 1.29 is 14.4 Å². The molecule has 0 aliphatic heterocycles. The summed E-state index contributed by atoms with van der Waals surface area (Å²) >= 11 is 5.76. The molecule has 0 aromatic heterocycles. The highest BCUT2D eigenvalue weighted by Gasteiger charge is 2.11. The second-order valence-corrected chi connectivity index (χ2v) is 5.11. The van der Waals surface area contributed by atoms with Gasteiger partial charge >= 0.3 is 0 Å². The monoisotopic (exact) mass is 326 g/mol. The fraction of sp³-hybridized carbons (Fsp3) is 0.357. The summed E-state index contributed by atoms with van der Waals surface area (Å²) in [5.74, 6) is -0.856. The molecule has 0 aliphatic rings. The van der Waals surface area contributed by atoms with E-state index in [0.717, 1.165) is 0 Å². The highest BCUT2D eigenvalue weighted by Crippen LogP contribution is 2.13. The number of carbonyl (C=O) groups is 3. The van der Waals surface area contributed by atoms with E-state index in [9.17, 15) is 14.4 Å². The van der Waals surface area contributed by atoms with Gasteiger partial charge in [-0.1, -0.05) is 11.6 Å². The fourth-order valence-electron chi connectivity index (χ4n) is 1.60. The lowest BCUT2D eigenvalue weighted by Gasteiger charge is -2.15. The van der Waals surface area contributed by atoms with E-state index in [1.54, 1.807) is 36.2 Å². The summed E-state index contributed by atoms with van der Waals surface area (Å²) in [5, 5.41) is 8.13. The first kappa shape index (κ1) is 17.9. The molecule has 7 nitrogen and oxygen atoms in total. The lowest BCUT2D eigenvalue weighted by Crippen LogP contribution is -2.42. The van der Waals surface area contributed by atoms with Crippen LogP contribution >= 0.6 is 11.6 Å². The van der Waals surface area contributed by atoms with Gasteiger partial charge in [0.1, 0.15) is 0 Å². The smallest absolute Gasteiger partial charge is 0.239 e. The molecule has 8 heteroatoms. The van der Waals surface area contributed by atoms with Crippen molar-refractivity contribution >= 4 is 35.0 Å². The summed E-state index contributed by atoms with van der Waals surface area (Å²) in [6.07, 6.45) is 0. The number of benzene rings is 1. The molecule has 1 aromatic carbocycles. The molecule has 0 aliphatic carbocycles. The molecule has 0 saturated heterocycles. The van der Waals surface area contributed by atoms with Gasteiger partial charge in [-0.2, -0.15) is 0 Å². The number of halogens is 1. The Balaban J connectivity index is 2.33. The van der Waals surface area contributed by atoms with Crippen molar-refractivity contribution in [2.45, 2.75) is 0 Å². The van der Waals surface area contributed by atoms with Crippen LogP contribution in [-0.4, -0.2) is 56.4 Å². The average molecular weight is 327 g/mol. The fourth-order valence-corrected chi connectivity index (χ4v) is 1.73. The van der Waals surface area contributed by atoms with Gasteiger partial charge in [-0.15, -0.1) is 0 Å². The lowest BCUT2D eigenvalue weighted by atomic mass is 10.3. The maximum Gasteiger partial charge on any atom is 0.239 e. The normalized spacial score (nSPS) is 10.2. The number of carbonyl (C=O) groups excluding carboxylic acids is 3. The van der Waals surface area contributed by atoms with E-state index in [1.165, 1.54) is 7.05 Å². The molecule has 0 atom stereocenters. The highest BCUT2D eigenvalue weighted by molar-refractivity contribution is 6.30. The first-order chi connectivity index (χ1) is 10.4. The number of likely N-dealkylation sites (N-methyl/N-ethyl adjacent to an activating group) is 2. The van der Waals surface area contributed by atoms with Crippen LogP contribution in [0.2, 0.25) is 5.02 Å². The molecule has 0 spiro atoms. The minimum Gasteiger partial charge on any atom is -0.358 e. The molecule has 0 bridgehead atoms. The van der Waals surface area contributed by atoms with Gasteiger partial charge in [0, 0.05) is 17.8 Å². The highest BCUT2D eigenvalue weighted by atomic mass is 35.5. The van der Waals surface area contributed by atoms with Gasteiger partial charge in [-0.25, -0.2) is 0 Å². The topological polar surface area (TPSA) is 90.5 Å². The van der Waals surface area contributed by atoms with Crippen LogP contribution < -0.4 is 16.0 Å². The standard InChI is InChI=1S/C14H19ClN4O3/c1-16-12(20)7-17-13(21)8-19(2)9-14(22)18-11-5-3-10(15)4-6-11/h3-6H,7-9H2,1-2H3,(H,16,20)(H,17,21)(H,18,22). The van der Waals surface area contributed by atoms with Crippen LogP contribution in [0.4, 0.5) is 5.69 Å². The van der Waals surface area contributed by atoms with E-state index in [4.69, 9.17) is 11.6 Å². The number of hydrogen-bond acceptors (Lipinski definition) is 4. The molecule has 1 rings (SSSR count). The number of anilines is 1. The van der Waals surface area contributed by atoms with Gasteiger partial charge in [0.2, 0.25) is 17.7 Å². The summed E-state index contributed by atoms with van der Waals surface area (Å²) < 4.78 is 0. The van der Waals surface area contributed by atoms with Crippen LogP contribution in [0.3, 0.4) is 0 Å². The first-order valence-corrected chi connectivity index (χ1v) is 6.99. The summed E-state index contributed by atoms with van der Waals surface area (Å²) in [7, 11) is 3.13. The van der Waals surface area contributed by atoms with Gasteiger partial charge in [-0.3, -0.25) is 19.3 Å². The van der Waals surface area contributed by atoms with Gasteiger partial charge in [0.15, 0.2) is 0 Å². The third-order valence-electron chi connectivity index (χ3n) is 2.68. The van der Waals surface area contributed by atoms with Crippen LogP contribution in [0.5, 0.6) is 0 Å². The van der Waals surface area contributed by atoms with Crippen molar-refractivity contribution in [3.05, 3.63) is 29.3 Å². The van der Waals surface area contributed by atoms with E-state index in [2.05, 4.69) is 16.0 Å². The molecule has 3 amide bonds. The van der Waals surface area contributed by atoms with Crippen molar-refractivity contribution in [1.29, 1.82) is 0 Å². The molecule has 0 heterocycles. The Morgan fingerprint density at radius 1 is 1.05 bits per heavy atom. The van der Waals surface area contributed by atoms with Gasteiger partial charge < -0.3 is 16.0 Å². The third kappa shape index (κ3) is 7.05. The van der Waals surface area contributed by atoms with Gasteiger partial charge in [-0.05, 0) is 31.3 Å². The second-order valence-electron chi connectivity index (χ2n) is 4.68. The predicted octanol–water partition coefficient (Wildman–Crippen LogP) is 0.0725. The molecule has 0 radical (unpaired) electrons. The number of hydrogen-bond donors (Lipinski definition) is 3. The minimum atomic E-state index is -0.328. The number of rotatable bonds is 7. The molecular formula is C14H19ClN4O3. The molecule has 0 unspecified atom stereocenters. The Kier molecular flexibility index (Phi) is 7.34. The van der Waals surface area contributed by atoms with Crippen molar-refractivity contribution in [1.82, 2.24) is 15.5 Å². The Morgan fingerprint density at radius 2 is 1.64 bits per heavy atom. The summed E-state index contributed by atoms with van der Waals surface area (Å²) in [6.45, 7) is -0.0127. The molecule has 1 aromatic rings. The van der Waals surface area contributed by atoms with Crippen LogP contribution in [0.25, 0.3) is 0 Å². The van der Waals surface area contributed by atoms with Gasteiger partial charge in [0.25, 0.3) is 0 Å². The zero-order chi connectivity index (χ0) is 16.5. The summed E-state index contributed by atoms with van der Waals surface area (Å²) in [4.78, 5) is 35.9. The average Bonchev–Trinajstić information content (AvgIpc) is 2.46. The van der Waals surface area contributed by atoms with E-state index in [0.29, 0.717) is 10.7 Å². The van der Waals surface area contributed by atoms with E-state index in [-0.39, 0.29) is 37.4 Å². The predicted molar refractivity (Wildman–Crippen MR) is 84.7 cm³/mol. The van der Waals surface area contributed by atoms with Crippen LogP contribution in [0.15, 0.2) is 24.3 Å². The first-order valence-electron chi connectivity index (χ1n) is 6.62. The Morgan fingerprint density at radius 3 is 2.23 bits per heavy atom. The van der Waals surface area contributed by atoms with Crippen molar-refractivity contribution in [3.63, 3.8) is 0 Å². The number of nitrogens with one attached hydrogen (secondary N) is 3. The molecule has 22 heavy (non-hydrogen) atoms. The molecule has 120 valence electrons. The zero-order valence-corrected chi connectivity index (χ0v) is 13.2. The quantitative estimate of drug-likeness (QED) is 0.661. The van der Waals surface area contributed by atoms with E-state index < -0.39 is 0 Å². The van der Waals surface area contributed by atoms with Crippen LogP contribution in [0, 0.1) is 0 Å². The molecular weight excluding hydrogens is 308 g/mol. The number of nitrogens with zero attached hydrogens (tertiary/aromatic N) is 1. The lowest BCUT2D eigenvalue weighted by molar-refractivity contribution is -0.126. The summed E-state index contributed by atoms with van der Waals surface area (Å²) in [6, 6.07) is 6.73. The van der Waals surface area contributed by atoms with Crippen LogP contribution in [-0.2, 0) is 14.4 Å². The SMILES string of the molecule is CNC(=O)CNC(=O)CN(C)CC(=O)Nc1ccc(Cl)cc1. The van der Waals surface area contributed by atoms with Gasteiger partial charge in [0.05, 0.1) is 19.6 Å². The number of amides is 3. The Hall–Kier alpha value is -2.12. The largest absolute Gasteiger partial charge is 0.358 e. The maximum atomic E-state index is 11.8. The Bertz CT molecular complexity index is 533. The summed E-state index contributed by atoms with van der Waals surface area (Å²) in [5.41, 5.74) is 0.631. The zero-order valence-electron chi connectivity index (χ0n) is 12.5. The van der Waals surface area contributed by atoms with Crippen LogP contribution in [0.1, 0.15) is 0 Å². The minimum absolute atomic E-state index is 0.0189. The third-order valence-corrected chi connectivity index (χ3v) is 2.93. The Labute approximate surface area is 134 Å². The van der Waals surface area contributed by atoms with Crippen molar-refractivity contribution in [3.8, 4) is 0 Å². The molecule has 0 fully saturated rings. The van der Waals surface area contributed by atoms with Crippen molar-refractivity contribution in [2.75, 3.05) is 39.0 Å². The molecule has 3 N–H and O–H groups in total. The molecule has 0 saturated carbocycles. The van der Waals surface area contributed by atoms with E-state index >= 15 is 0 Å². The van der Waals surface area contributed by atoms with E-state index in [1.807, 2.05) is 0 Å².